The maximum absolute atomic E-state index is 11.8. The van der Waals surface area contributed by atoms with Crippen LogP contribution < -0.4 is 16.0 Å². The summed E-state index contributed by atoms with van der Waals surface area (Å²) in [5, 5.41) is 0. The summed E-state index contributed by atoms with van der Waals surface area (Å²) in [5.74, 6) is 0.691. The fourth-order valence-electron chi connectivity index (χ4n) is 1.83. The first-order valence-corrected chi connectivity index (χ1v) is 6.67. The zero-order valence-electron chi connectivity index (χ0n) is 11.2. The van der Waals surface area contributed by atoms with Gasteiger partial charge in [-0.25, -0.2) is 0 Å². The van der Waals surface area contributed by atoms with Crippen molar-refractivity contribution in [2.45, 2.75) is 13.5 Å². The third-order valence-electron chi connectivity index (χ3n) is 2.93. The van der Waals surface area contributed by atoms with Crippen molar-refractivity contribution in [2.75, 3.05) is 6.61 Å². The first kappa shape index (κ1) is 14.3. The highest BCUT2D eigenvalue weighted by Gasteiger charge is 2.01. The zero-order valence-corrected chi connectivity index (χ0v) is 12.0. The minimum absolute atomic E-state index is 0.00740. The van der Waals surface area contributed by atoms with Gasteiger partial charge in [-0.1, -0.05) is 30.4 Å². The molecule has 0 unspecified atom stereocenters. The molecule has 0 radical (unpaired) electrons. The van der Waals surface area contributed by atoms with Crippen LogP contribution in [0.5, 0.6) is 5.75 Å². The lowest BCUT2D eigenvalue weighted by Gasteiger charge is -2.09. The summed E-state index contributed by atoms with van der Waals surface area (Å²) in [6, 6.07) is 10.9. The highest BCUT2D eigenvalue weighted by molar-refractivity contribution is 7.80. The topological polar surface area (TPSA) is 57.2 Å². The van der Waals surface area contributed by atoms with Crippen LogP contribution in [-0.4, -0.2) is 16.2 Å². The highest BCUT2D eigenvalue weighted by atomic mass is 32.1. The van der Waals surface area contributed by atoms with Crippen LogP contribution in [0.3, 0.4) is 0 Å². The number of pyridine rings is 1. The molecule has 2 N–H and O–H groups in total. The van der Waals surface area contributed by atoms with Crippen molar-refractivity contribution in [2.24, 2.45) is 5.73 Å². The average molecular weight is 288 g/mol. The average Bonchev–Trinajstić information content (AvgIpc) is 2.44. The molecule has 0 saturated carbocycles. The molecule has 2 rings (SSSR count). The van der Waals surface area contributed by atoms with Gasteiger partial charge in [0.05, 0.1) is 6.54 Å². The predicted octanol–water partition coefficient (Wildman–Crippen LogP) is 1.87. The quantitative estimate of drug-likeness (QED) is 0.853. The van der Waals surface area contributed by atoms with Crippen molar-refractivity contribution in [1.29, 1.82) is 0 Å². The van der Waals surface area contributed by atoms with Gasteiger partial charge in [-0.15, -0.1) is 0 Å². The van der Waals surface area contributed by atoms with Gasteiger partial charge in [0.25, 0.3) is 5.56 Å². The van der Waals surface area contributed by atoms with Gasteiger partial charge in [0.2, 0.25) is 0 Å². The number of hydrogen-bond acceptors (Lipinski definition) is 3. The van der Waals surface area contributed by atoms with E-state index in [9.17, 15) is 4.79 Å². The van der Waals surface area contributed by atoms with Crippen LogP contribution in [0.2, 0.25) is 0 Å². The summed E-state index contributed by atoms with van der Waals surface area (Å²) >= 11 is 4.92. The molecule has 2 aromatic rings. The van der Waals surface area contributed by atoms with Gasteiger partial charge in [0, 0.05) is 17.3 Å². The molecule has 4 nitrogen and oxygen atoms in total. The maximum Gasteiger partial charge on any atom is 0.253 e. The van der Waals surface area contributed by atoms with Gasteiger partial charge in [-0.05, 0) is 25.1 Å². The molecule has 0 saturated heterocycles. The molecule has 5 heteroatoms. The number of rotatable bonds is 5. The minimum atomic E-state index is 0.00740. The molecule has 0 bridgehead atoms. The van der Waals surface area contributed by atoms with Crippen LogP contribution in [0.15, 0.2) is 47.4 Å². The van der Waals surface area contributed by atoms with Crippen LogP contribution >= 0.6 is 12.2 Å². The Morgan fingerprint density at radius 1 is 1.35 bits per heavy atom. The molecule has 0 fully saturated rings. The third-order valence-corrected chi connectivity index (χ3v) is 3.17. The number of aromatic nitrogens is 1. The van der Waals surface area contributed by atoms with E-state index in [0.717, 1.165) is 11.1 Å². The largest absolute Gasteiger partial charge is 0.492 e. The normalized spacial score (nSPS) is 10.2. The Bertz CT molecular complexity index is 680. The second kappa shape index (κ2) is 6.34. The highest BCUT2D eigenvalue weighted by Crippen LogP contribution is 2.13. The number of nitrogens with zero attached hydrogens (tertiary/aromatic N) is 1. The summed E-state index contributed by atoms with van der Waals surface area (Å²) in [7, 11) is 0. The van der Waals surface area contributed by atoms with Crippen molar-refractivity contribution in [3.63, 3.8) is 0 Å². The maximum atomic E-state index is 11.8. The molecule has 0 aliphatic heterocycles. The first-order chi connectivity index (χ1) is 9.58. The second-order valence-electron chi connectivity index (χ2n) is 4.43. The van der Waals surface area contributed by atoms with Crippen LogP contribution in [0, 0.1) is 6.92 Å². The summed E-state index contributed by atoms with van der Waals surface area (Å²) in [6.45, 7) is 2.70. The summed E-state index contributed by atoms with van der Waals surface area (Å²) in [5.41, 5.74) is 7.07. The van der Waals surface area contributed by atoms with Crippen LogP contribution in [-0.2, 0) is 6.54 Å². The van der Waals surface area contributed by atoms with Crippen molar-refractivity contribution in [3.8, 4) is 5.75 Å². The van der Waals surface area contributed by atoms with Crippen LogP contribution in [0.25, 0.3) is 0 Å². The Labute approximate surface area is 122 Å². The molecule has 104 valence electrons. The van der Waals surface area contributed by atoms with E-state index in [0.29, 0.717) is 23.9 Å². The fourth-order valence-corrected chi connectivity index (χ4v) is 1.96. The van der Waals surface area contributed by atoms with Crippen molar-refractivity contribution in [3.05, 3.63) is 64.1 Å². The van der Waals surface area contributed by atoms with Gasteiger partial charge in [0.15, 0.2) is 0 Å². The number of thiocarbonyl (C=S) groups is 1. The summed E-state index contributed by atoms with van der Waals surface area (Å²) in [4.78, 5) is 12.2. The molecule has 1 heterocycles. The SMILES string of the molecule is Cc1cccn(CCOc2cccc(C(N)=S)c2)c1=O. The van der Waals surface area contributed by atoms with E-state index < -0.39 is 0 Å². The van der Waals surface area contributed by atoms with E-state index in [4.69, 9.17) is 22.7 Å². The predicted molar refractivity (Wildman–Crippen MR) is 83.3 cm³/mol. The van der Waals surface area contributed by atoms with E-state index in [1.165, 1.54) is 0 Å². The lowest BCUT2D eigenvalue weighted by molar-refractivity contribution is 0.296. The van der Waals surface area contributed by atoms with Crippen molar-refractivity contribution in [1.82, 2.24) is 4.57 Å². The van der Waals surface area contributed by atoms with Gasteiger partial charge < -0.3 is 15.0 Å². The zero-order chi connectivity index (χ0) is 14.5. The lowest BCUT2D eigenvalue weighted by atomic mass is 10.2. The lowest BCUT2D eigenvalue weighted by Crippen LogP contribution is -2.24. The van der Waals surface area contributed by atoms with E-state index in [-0.39, 0.29) is 5.56 Å². The smallest absolute Gasteiger partial charge is 0.253 e. The Kier molecular flexibility index (Phi) is 4.53. The van der Waals surface area contributed by atoms with Crippen LogP contribution in [0.4, 0.5) is 0 Å². The molecular formula is C15H16N2O2S. The number of benzene rings is 1. The number of ether oxygens (including phenoxy) is 1. The third kappa shape index (κ3) is 3.45. The monoisotopic (exact) mass is 288 g/mol. The Morgan fingerprint density at radius 3 is 2.90 bits per heavy atom. The molecule has 0 amide bonds. The Balaban J connectivity index is 1.99. The second-order valence-corrected chi connectivity index (χ2v) is 4.87. The number of nitrogens with two attached hydrogens (primary N) is 1. The molecule has 0 aliphatic rings. The van der Waals surface area contributed by atoms with Gasteiger partial charge >= 0.3 is 0 Å². The molecule has 0 spiro atoms. The standard InChI is InChI=1S/C15H16N2O2S/c1-11-4-3-7-17(15(11)18)8-9-19-13-6-2-5-12(10-13)14(16)20/h2-7,10H,8-9H2,1H3,(H2,16,20). The van der Waals surface area contributed by atoms with Crippen LogP contribution in [0.1, 0.15) is 11.1 Å². The minimum Gasteiger partial charge on any atom is -0.492 e. The van der Waals surface area contributed by atoms with Gasteiger partial charge in [0.1, 0.15) is 17.3 Å². The van der Waals surface area contributed by atoms with Crippen molar-refractivity contribution < 1.29 is 4.74 Å². The number of aryl methyl sites for hydroxylation is 1. The number of hydrogen-bond donors (Lipinski definition) is 1. The molecule has 1 aromatic heterocycles. The van der Waals surface area contributed by atoms with E-state index in [1.807, 2.05) is 24.3 Å². The first-order valence-electron chi connectivity index (χ1n) is 6.26. The van der Waals surface area contributed by atoms with Crippen molar-refractivity contribution >= 4 is 17.2 Å². The molecule has 1 aromatic carbocycles. The summed E-state index contributed by atoms with van der Waals surface area (Å²) < 4.78 is 7.25. The Hall–Kier alpha value is -2.14. The molecule has 20 heavy (non-hydrogen) atoms. The summed E-state index contributed by atoms with van der Waals surface area (Å²) in [6.07, 6.45) is 1.75. The van der Waals surface area contributed by atoms with Gasteiger partial charge in [-0.3, -0.25) is 4.79 Å². The Morgan fingerprint density at radius 2 is 2.15 bits per heavy atom. The van der Waals surface area contributed by atoms with Gasteiger partial charge in [-0.2, -0.15) is 0 Å². The molecule has 0 atom stereocenters. The molecule has 0 aliphatic carbocycles. The van der Waals surface area contributed by atoms with E-state index >= 15 is 0 Å². The van der Waals surface area contributed by atoms with E-state index in [2.05, 4.69) is 0 Å². The fraction of sp³-hybridized carbons (Fsp3) is 0.200. The van der Waals surface area contributed by atoms with E-state index in [1.54, 1.807) is 29.8 Å². The molecular weight excluding hydrogens is 272 g/mol.